The van der Waals surface area contributed by atoms with E-state index in [1.165, 1.54) is 64.6 Å². The molecular weight excluding hydrogens is 208 g/mol. The summed E-state index contributed by atoms with van der Waals surface area (Å²) in [7, 11) is 0. The Balaban J connectivity index is 1.82. The average molecular weight is 238 g/mol. The van der Waals surface area contributed by atoms with Gasteiger partial charge in [0.1, 0.15) is 0 Å². The summed E-state index contributed by atoms with van der Waals surface area (Å²) in [5.74, 6) is 0.938. The summed E-state index contributed by atoms with van der Waals surface area (Å²) >= 11 is 0. The first-order valence-electron chi connectivity index (χ1n) is 7.80. The third-order valence-electron chi connectivity index (χ3n) is 4.58. The van der Waals surface area contributed by atoms with Crippen molar-refractivity contribution >= 4 is 0 Å². The van der Waals surface area contributed by atoms with Gasteiger partial charge in [-0.2, -0.15) is 0 Å². The van der Waals surface area contributed by atoms with E-state index in [1.54, 1.807) is 0 Å². The fraction of sp³-hybridized carbons (Fsp3) is 1.00. The summed E-state index contributed by atoms with van der Waals surface area (Å²) in [4.78, 5) is 2.65. The van der Waals surface area contributed by atoms with Gasteiger partial charge in [-0.25, -0.2) is 0 Å². The lowest BCUT2D eigenvalue weighted by Gasteiger charge is -2.39. The highest BCUT2D eigenvalue weighted by Gasteiger charge is 2.28. The maximum atomic E-state index is 3.93. The molecule has 0 spiro atoms. The van der Waals surface area contributed by atoms with E-state index in [2.05, 4.69) is 24.1 Å². The molecule has 2 rings (SSSR count). The zero-order chi connectivity index (χ0) is 12.1. The van der Waals surface area contributed by atoms with Crippen LogP contribution in [0.15, 0.2) is 0 Å². The van der Waals surface area contributed by atoms with Crippen molar-refractivity contribution in [2.75, 3.05) is 19.6 Å². The van der Waals surface area contributed by atoms with Crippen molar-refractivity contribution in [1.82, 2.24) is 10.2 Å². The van der Waals surface area contributed by atoms with Crippen LogP contribution < -0.4 is 5.32 Å². The Morgan fingerprint density at radius 3 is 2.47 bits per heavy atom. The van der Waals surface area contributed by atoms with Crippen LogP contribution in [0.4, 0.5) is 0 Å². The largest absolute Gasteiger partial charge is 0.310 e. The van der Waals surface area contributed by atoms with Crippen LogP contribution in [0.2, 0.25) is 0 Å². The van der Waals surface area contributed by atoms with Crippen molar-refractivity contribution in [1.29, 1.82) is 0 Å². The maximum Gasteiger partial charge on any atom is 0.0200 e. The van der Waals surface area contributed by atoms with Gasteiger partial charge in [-0.15, -0.1) is 0 Å². The fourth-order valence-electron chi connectivity index (χ4n) is 3.72. The Hall–Kier alpha value is -0.0800. The molecule has 0 aromatic heterocycles. The average Bonchev–Trinajstić information content (AvgIpc) is 2.82. The van der Waals surface area contributed by atoms with Gasteiger partial charge in [0.25, 0.3) is 0 Å². The summed E-state index contributed by atoms with van der Waals surface area (Å²) in [6, 6.07) is 1.60. The zero-order valence-corrected chi connectivity index (χ0v) is 11.8. The number of nitrogens with one attached hydrogen (secondary N) is 1. The first kappa shape index (κ1) is 13.4. The van der Waals surface area contributed by atoms with Crippen LogP contribution >= 0.6 is 0 Å². The highest BCUT2D eigenvalue weighted by atomic mass is 15.2. The van der Waals surface area contributed by atoms with E-state index in [9.17, 15) is 0 Å². The van der Waals surface area contributed by atoms with Crippen LogP contribution in [0, 0.1) is 5.92 Å². The van der Waals surface area contributed by atoms with Crippen LogP contribution in [-0.2, 0) is 0 Å². The Kier molecular flexibility index (Phi) is 5.30. The van der Waals surface area contributed by atoms with Crippen molar-refractivity contribution in [3.05, 3.63) is 0 Å². The summed E-state index contributed by atoms with van der Waals surface area (Å²) in [6.45, 7) is 8.48. The topological polar surface area (TPSA) is 15.3 Å². The number of rotatable bonds is 5. The van der Waals surface area contributed by atoms with Gasteiger partial charge in [0, 0.05) is 25.2 Å². The number of hydrogen-bond donors (Lipinski definition) is 1. The van der Waals surface area contributed by atoms with Gasteiger partial charge < -0.3 is 10.2 Å². The van der Waals surface area contributed by atoms with Crippen LogP contribution in [0.25, 0.3) is 0 Å². The molecule has 2 heteroatoms. The lowest BCUT2D eigenvalue weighted by atomic mass is 9.90. The summed E-state index contributed by atoms with van der Waals surface area (Å²) in [5, 5.41) is 3.93. The SMILES string of the molecule is CCCC1CC(NC2CCCC2)CN(CC)C1. The predicted molar refractivity (Wildman–Crippen MR) is 74.3 cm³/mol. The Labute approximate surface area is 107 Å². The fourth-order valence-corrected chi connectivity index (χ4v) is 3.72. The number of likely N-dealkylation sites (tertiary alicyclic amines) is 1. The van der Waals surface area contributed by atoms with Crippen LogP contribution in [-0.4, -0.2) is 36.6 Å². The molecule has 0 radical (unpaired) electrons. The zero-order valence-electron chi connectivity index (χ0n) is 11.8. The first-order chi connectivity index (χ1) is 8.31. The first-order valence-corrected chi connectivity index (χ1v) is 7.80. The van der Waals surface area contributed by atoms with Gasteiger partial charge in [0.2, 0.25) is 0 Å². The molecule has 2 fully saturated rings. The smallest absolute Gasteiger partial charge is 0.0200 e. The van der Waals surface area contributed by atoms with Crippen molar-refractivity contribution in [2.45, 2.75) is 70.9 Å². The van der Waals surface area contributed by atoms with Crippen LogP contribution in [0.3, 0.4) is 0 Å². The Bertz CT molecular complexity index is 211. The van der Waals surface area contributed by atoms with Gasteiger partial charge in [-0.1, -0.05) is 33.1 Å². The molecule has 1 aliphatic carbocycles. The maximum absolute atomic E-state index is 3.93. The predicted octanol–water partition coefficient (Wildman–Crippen LogP) is 3.03. The molecule has 0 bridgehead atoms. The standard InChI is InChI=1S/C15H30N2/c1-3-7-13-10-15(12-17(4-2)11-13)16-14-8-5-6-9-14/h13-16H,3-12H2,1-2H3. The molecule has 0 aromatic rings. The number of likely N-dealkylation sites (N-methyl/N-ethyl adjacent to an activating group) is 1. The van der Waals surface area contributed by atoms with E-state index in [4.69, 9.17) is 0 Å². The molecule has 2 unspecified atom stereocenters. The van der Waals surface area contributed by atoms with Crippen LogP contribution in [0.1, 0.15) is 58.8 Å². The van der Waals surface area contributed by atoms with Gasteiger partial charge >= 0.3 is 0 Å². The third kappa shape index (κ3) is 3.96. The number of hydrogen-bond acceptors (Lipinski definition) is 2. The quantitative estimate of drug-likeness (QED) is 0.792. The summed E-state index contributed by atoms with van der Waals surface area (Å²) < 4.78 is 0. The van der Waals surface area contributed by atoms with E-state index in [1.807, 2.05) is 0 Å². The molecule has 2 aliphatic rings. The molecular formula is C15H30N2. The highest BCUT2D eigenvalue weighted by Crippen LogP contribution is 2.24. The van der Waals surface area contributed by atoms with Crippen molar-refractivity contribution in [2.24, 2.45) is 5.92 Å². The number of nitrogens with zero attached hydrogens (tertiary/aromatic N) is 1. The summed E-state index contributed by atoms with van der Waals surface area (Å²) in [6.07, 6.45) is 9.90. The van der Waals surface area contributed by atoms with Gasteiger partial charge in [-0.05, 0) is 38.1 Å². The minimum atomic E-state index is 0.767. The van der Waals surface area contributed by atoms with E-state index in [-0.39, 0.29) is 0 Å². The van der Waals surface area contributed by atoms with Crippen molar-refractivity contribution in [3.8, 4) is 0 Å². The molecule has 1 heterocycles. The Morgan fingerprint density at radius 2 is 1.82 bits per heavy atom. The summed E-state index contributed by atoms with van der Waals surface area (Å²) in [5.41, 5.74) is 0. The van der Waals surface area contributed by atoms with Gasteiger partial charge in [-0.3, -0.25) is 0 Å². The highest BCUT2D eigenvalue weighted by molar-refractivity contribution is 4.86. The van der Waals surface area contributed by atoms with E-state index in [0.717, 1.165) is 18.0 Å². The van der Waals surface area contributed by atoms with E-state index < -0.39 is 0 Å². The second-order valence-corrected chi connectivity index (χ2v) is 6.09. The van der Waals surface area contributed by atoms with Gasteiger partial charge in [0.05, 0.1) is 0 Å². The van der Waals surface area contributed by atoms with Crippen molar-refractivity contribution < 1.29 is 0 Å². The second-order valence-electron chi connectivity index (χ2n) is 6.09. The normalized spacial score (nSPS) is 32.1. The second kappa shape index (κ2) is 6.75. The van der Waals surface area contributed by atoms with Crippen molar-refractivity contribution in [3.63, 3.8) is 0 Å². The number of piperidine rings is 1. The van der Waals surface area contributed by atoms with Gasteiger partial charge in [0.15, 0.2) is 0 Å². The monoisotopic (exact) mass is 238 g/mol. The molecule has 100 valence electrons. The molecule has 1 aliphatic heterocycles. The molecule has 2 nitrogen and oxygen atoms in total. The minimum absolute atomic E-state index is 0.767. The molecule has 0 amide bonds. The lowest BCUT2D eigenvalue weighted by molar-refractivity contribution is 0.135. The molecule has 1 N–H and O–H groups in total. The minimum Gasteiger partial charge on any atom is -0.310 e. The Morgan fingerprint density at radius 1 is 1.06 bits per heavy atom. The molecule has 2 atom stereocenters. The third-order valence-corrected chi connectivity index (χ3v) is 4.58. The molecule has 1 saturated heterocycles. The molecule has 0 aromatic carbocycles. The molecule has 1 saturated carbocycles. The van der Waals surface area contributed by atoms with Crippen LogP contribution in [0.5, 0.6) is 0 Å². The van der Waals surface area contributed by atoms with E-state index >= 15 is 0 Å². The lowest BCUT2D eigenvalue weighted by Crippen LogP contribution is -2.51. The molecule has 17 heavy (non-hydrogen) atoms. The van der Waals surface area contributed by atoms with E-state index in [0.29, 0.717) is 0 Å².